The van der Waals surface area contributed by atoms with Gasteiger partial charge in [0.1, 0.15) is 5.01 Å². The first-order valence-electron chi connectivity index (χ1n) is 13.8. The van der Waals surface area contributed by atoms with Gasteiger partial charge in [-0.3, -0.25) is 14.3 Å². The van der Waals surface area contributed by atoms with E-state index < -0.39 is 28.9 Å². The minimum atomic E-state index is -0.973. The summed E-state index contributed by atoms with van der Waals surface area (Å²) in [5.74, 6) is -0.464. The van der Waals surface area contributed by atoms with Crippen LogP contribution < -0.4 is 11.2 Å². The number of ether oxygens (including phenoxy) is 2. The maximum Gasteiger partial charge on any atom is 0.339 e. The number of nitrogens with one attached hydrogen (secondary N) is 1. The number of carbonyl (C=O) groups excluding carboxylic acids is 1. The predicted molar refractivity (Wildman–Crippen MR) is 171 cm³/mol. The Labute approximate surface area is 257 Å². The summed E-state index contributed by atoms with van der Waals surface area (Å²) in [6.45, 7) is 11.3. The van der Waals surface area contributed by atoms with Crippen molar-refractivity contribution in [3.05, 3.63) is 103 Å². The summed E-state index contributed by atoms with van der Waals surface area (Å²) in [5.41, 5.74) is 4.23. The molecule has 43 heavy (non-hydrogen) atoms. The van der Waals surface area contributed by atoms with E-state index in [9.17, 15) is 14.4 Å². The fourth-order valence-corrected chi connectivity index (χ4v) is 6.17. The van der Waals surface area contributed by atoms with E-state index in [2.05, 4.69) is 4.98 Å². The van der Waals surface area contributed by atoms with Gasteiger partial charge in [0.05, 0.1) is 28.1 Å². The number of esters is 1. The molecule has 0 spiro atoms. The molecule has 0 aliphatic heterocycles. The highest BCUT2D eigenvalue weighted by Crippen LogP contribution is 2.44. The third-order valence-corrected chi connectivity index (χ3v) is 8.18. The highest BCUT2D eigenvalue weighted by atomic mass is 35.5. The minimum absolute atomic E-state index is 0.222. The molecule has 2 heterocycles. The molecule has 10 heteroatoms. The number of thiazole rings is 1. The second kappa shape index (κ2) is 11.9. The van der Waals surface area contributed by atoms with Crippen molar-refractivity contribution in [2.75, 3.05) is 6.61 Å². The first-order valence-corrected chi connectivity index (χ1v) is 15.0. The van der Waals surface area contributed by atoms with Gasteiger partial charge >= 0.3 is 11.7 Å². The van der Waals surface area contributed by atoms with E-state index in [0.717, 1.165) is 37.5 Å². The molecular weight excluding hydrogens is 586 g/mol. The first kappa shape index (κ1) is 30.4. The van der Waals surface area contributed by atoms with Crippen LogP contribution >= 0.6 is 22.9 Å². The number of aromatic nitrogens is 3. The van der Waals surface area contributed by atoms with Crippen LogP contribution in [0.5, 0.6) is 0 Å². The number of aromatic amines is 1. The smallest absolute Gasteiger partial charge is 0.339 e. The average Bonchev–Trinajstić information content (AvgIpc) is 3.37. The van der Waals surface area contributed by atoms with Crippen LogP contribution in [-0.4, -0.2) is 32.7 Å². The van der Waals surface area contributed by atoms with Gasteiger partial charge in [-0.1, -0.05) is 35.9 Å². The van der Waals surface area contributed by atoms with Crippen molar-refractivity contribution in [2.24, 2.45) is 0 Å². The van der Waals surface area contributed by atoms with Crippen LogP contribution in [0.2, 0.25) is 5.02 Å². The Kier molecular flexibility index (Phi) is 8.42. The van der Waals surface area contributed by atoms with Gasteiger partial charge in [0.25, 0.3) is 5.56 Å². The number of hydrogen-bond donors (Lipinski definition) is 1. The highest BCUT2D eigenvalue weighted by Gasteiger charge is 2.33. The molecular formula is C33H32ClN3O5S. The molecule has 222 valence electrons. The Morgan fingerprint density at radius 2 is 1.77 bits per heavy atom. The highest BCUT2D eigenvalue weighted by molar-refractivity contribution is 7.22. The number of carbonyl (C=O) groups is 1. The number of fused-ring (bicyclic) bond motifs is 1. The van der Waals surface area contributed by atoms with E-state index in [1.54, 1.807) is 19.9 Å². The molecule has 0 unspecified atom stereocenters. The number of nitrogens with zero attached hydrogens (tertiary/aromatic N) is 2. The van der Waals surface area contributed by atoms with Crippen LogP contribution in [0.1, 0.15) is 50.5 Å². The first-order chi connectivity index (χ1) is 20.4. The standard InChI is InChI=1S/C33H32ClN3O5S/c1-7-41-31(39)27(42-33(4,5)6)25-18(2)15-24-28(26(25)20-11-13-22(34)14-12-20)43-30(35-24)21-9-8-10-23(16-21)37-17-19(3)29(38)36-32(37)40/h8-17,27H,7H2,1-6H3,(H,36,38,40)/t27-/m0/s1. The van der Waals surface area contributed by atoms with E-state index >= 15 is 0 Å². The van der Waals surface area contributed by atoms with Gasteiger partial charge in [-0.15, -0.1) is 11.3 Å². The normalized spacial score (nSPS) is 12.4. The van der Waals surface area contributed by atoms with Crippen molar-refractivity contribution in [1.82, 2.24) is 14.5 Å². The summed E-state index contributed by atoms with van der Waals surface area (Å²) >= 11 is 7.73. The predicted octanol–water partition coefficient (Wildman–Crippen LogP) is 7.16. The Bertz CT molecular complexity index is 1950. The van der Waals surface area contributed by atoms with E-state index in [4.69, 9.17) is 26.1 Å². The zero-order valence-electron chi connectivity index (χ0n) is 24.8. The molecule has 1 atom stereocenters. The van der Waals surface area contributed by atoms with Crippen molar-refractivity contribution < 1.29 is 14.3 Å². The number of hydrogen-bond acceptors (Lipinski definition) is 7. The van der Waals surface area contributed by atoms with Crippen LogP contribution in [0, 0.1) is 13.8 Å². The quantitative estimate of drug-likeness (QED) is 0.194. The lowest BCUT2D eigenvalue weighted by Gasteiger charge is -2.29. The van der Waals surface area contributed by atoms with E-state index in [0.29, 0.717) is 21.8 Å². The largest absolute Gasteiger partial charge is 0.464 e. The summed E-state index contributed by atoms with van der Waals surface area (Å²) in [4.78, 5) is 45.2. The summed E-state index contributed by atoms with van der Waals surface area (Å²) in [7, 11) is 0. The SMILES string of the molecule is CCOC(=O)[C@@H](OC(C)(C)C)c1c(C)cc2nc(-c3cccc(-n4cc(C)c(=O)[nH]c4=O)c3)sc2c1-c1ccc(Cl)cc1. The number of halogens is 1. The molecule has 0 radical (unpaired) electrons. The molecule has 0 saturated heterocycles. The molecule has 1 N–H and O–H groups in total. The molecule has 0 amide bonds. The van der Waals surface area contributed by atoms with Crippen molar-refractivity contribution in [2.45, 2.75) is 53.2 Å². The lowest BCUT2D eigenvalue weighted by atomic mass is 9.91. The Morgan fingerprint density at radius 1 is 1.05 bits per heavy atom. The molecule has 0 aliphatic rings. The molecule has 0 aliphatic carbocycles. The van der Waals surface area contributed by atoms with Crippen LogP contribution in [0.25, 0.3) is 37.6 Å². The maximum absolute atomic E-state index is 13.4. The Hall–Kier alpha value is -4.05. The van der Waals surface area contributed by atoms with Crippen LogP contribution in [0.4, 0.5) is 0 Å². The van der Waals surface area contributed by atoms with Gasteiger partial charge in [-0.2, -0.15) is 0 Å². The van der Waals surface area contributed by atoms with E-state index in [1.165, 1.54) is 22.1 Å². The zero-order valence-corrected chi connectivity index (χ0v) is 26.4. The molecule has 2 aromatic heterocycles. The zero-order chi connectivity index (χ0) is 31.1. The minimum Gasteiger partial charge on any atom is -0.464 e. The maximum atomic E-state index is 13.4. The Balaban J connectivity index is 1.75. The van der Waals surface area contributed by atoms with Crippen LogP contribution in [-0.2, 0) is 14.3 Å². The van der Waals surface area contributed by atoms with Gasteiger partial charge < -0.3 is 9.47 Å². The van der Waals surface area contributed by atoms with Gasteiger partial charge in [0.15, 0.2) is 6.10 Å². The third kappa shape index (κ3) is 6.34. The molecule has 5 rings (SSSR count). The van der Waals surface area contributed by atoms with Crippen LogP contribution in [0.15, 0.2) is 70.4 Å². The summed E-state index contributed by atoms with van der Waals surface area (Å²) in [5, 5.41) is 1.32. The average molecular weight is 618 g/mol. The number of benzene rings is 3. The molecule has 0 bridgehead atoms. The van der Waals surface area contributed by atoms with Crippen molar-refractivity contribution in [1.29, 1.82) is 0 Å². The second-order valence-corrected chi connectivity index (χ2v) is 12.6. The number of H-pyrrole nitrogens is 1. The molecule has 0 fully saturated rings. The Morgan fingerprint density at radius 3 is 2.44 bits per heavy atom. The lowest BCUT2D eigenvalue weighted by molar-refractivity contribution is -0.166. The molecule has 3 aromatic carbocycles. The fraction of sp³-hybridized carbons (Fsp3) is 0.273. The third-order valence-electron chi connectivity index (χ3n) is 6.79. The molecule has 0 saturated carbocycles. The lowest BCUT2D eigenvalue weighted by Crippen LogP contribution is -2.29. The van der Waals surface area contributed by atoms with Crippen LogP contribution in [0.3, 0.4) is 0 Å². The number of rotatable bonds is 7. The monoisotopic (exact) mass is 617 g/mol. The molecule has 5 aromatic rings. The van der Waals surface area contributed by atoms with Gasteiger partial charge in [0, 0.05) is 33.5 Å². The van der Waals surface area contributed by atoms with Crippen molar-refractivity contribution >= 4 is 39.1 Å². The fourth-order valence-electron chi connectivity index (χ4n) is 4.92. The number of aryl methyl sites for hydroxylation is 2. The van der Waals surface area contributed by atoms with Gasteiger partial charge in [0.2, 0.25) is 0 Å². The topological polar surface area (TPSA) is 103 Å². The van der Waals surface area contributed by atoms with E-state index in [1.807, 2.05) is 76.2 Å². The summed E-state index contributed by atoms with van der Waals surface area (Å²) < 4.78 is 14.1. The molecule has 8 nitrogen and oxygen atoms in total. The van der Waals surface area contributed by atoms with E-state index in [-0.39, 0.29) is 6.61 Å². The van der Waals surface area contributed by atoms with Gasteiger partial charge in [-0.25, -0.2) is 14.6 Å². The van der Waals surface area contributed by atoms with Crippen molar-refractivity contribution in [3.8, 4) is 27.4 Å². The van der Waals surface area contributed by atoms with Gasteiger partial charge in [-0.05, 0) is 83.0 Å². The summed E-state index contributed by atoms with van der Waals surface area (Å²) in [6, 6.07) is 16.8. The second-order valence-electron chi connectivity index (χ2n) is 11.2. The summed E-state index contributed by atoms with van der Waals surface area (Å²) in [6.07, 6.45) is 0.553. The van der Waals surface area contributed by atoms with Crippen molar-refractivity contribution in [3.63, 3.8) is 0 Å².